The van der Waals surface area contributed by atoms with Crippen molar-refractivity contribution in [3.8, 4) is 23.0 Å². The molecule has 2 N–H and O–H groups in total. The lowest BCUT2D eigenvalue weighted by atomic mass is 9.88. The number of aliphatic imine (C=N–C) groups is 1. The molecular formula is C20H20N2. The summed E-state index contributed by atoms with van der Waals surface area (Å²) in [5.74, 6) is 6.82. The Hall–Kier alpha value is -2.53. The Morgan fingerprint density at radius 2 is 1.82 bits per heavy atom. The molecule has 0 spiro atoms. The van der Waals surface area contributed by atoms with E-state index < -0.39 is 0 Å². The molecule has 2 heteroatoms. The van der Waals surface area contributed by atoms with Gasteiger partial charge < -0.3 is 5.73 Å². The van der Waals surface area contributed by atoms with Crippen molar-refractivity contribution < 1.29 is 0 Å². The summed E-state index contributed by atoms with van der Waals surface area (Å²) in [6.07, 6.45) is 1.85. The smallest absolute Gasteiger partial charge is 0.0949 e. The predicted octanol–water partition coefficient (Wildman–Crippen LogP) is 4.09. The van der Waals surface area contributed by atoms with Crippen molar-refractivity contribution in [2.45, 2.75) is 32.2 Å². The summed E-state index contributed by atoms with van der Waals surface area (Å²) in [6, 6.07) is 16.9. The highest BCUT2D eigenvalue weighted by Crippen LogP contribution is 2.36. The van der Waals surface area contributed by atoms with Crippen LogP contribution in [0.5, 0.6) is 0 Å². The SMILES string of the molecule is CC#Cc1cccc(-c2cccc(C3(C)CCC(N)=N3)c2)c1. The van der Waals surface area contributed by atoms with Gasteiger partial charge in [-0.05, 0) is 55.2 Å². The second kappa shape index (κ2) is 5.69. The van der Waals surface area contributed by atoms with E-state index in [2.05, 4.69) is 66.2 Å². The van der Waals surface area contributed by atoms with Gasteiger partial charge >= 0.3 is 0 Å². The third-order valence-corrected chi connectivity index (χ3v) is 4.21. The second-order valence-electron chi connectivity index (χ2n) is 5.91. The Labute approximate surface area is 132 Å². The summed E-state index contributed by atoms with van der Waals surface area (Å²) in [6.45, 7) is 4.02. The van der Waals surface area contributed by atoms with E-state index in [1.807, 2.05) is 13.0 Å². The van der Waals surface area contributed by atoms with Crippen molar-refractivity contribution in [2.75, 3.05) is 0 Å². The van der Waals surface area contributed by atoms with Crippen molar-refractivity contribution in [1.29, 1.82) is 0 Å². The predicted molar refractivity (Wildman–Crippen MR) is 92.6 cm³/mol. The molecule has 0 bridgehead atoms. The maximum atomic E-state index is 5.88. The van der Waals surface area contributed by atoms with Gasteiger partial charge in [-0.1, -0.05) is 36.3 Å². The highest BCUT2D eigenvalue weighted by molar-refractivity contribution is 5.83. The minimum absolute atomic E-state index is 0.194. The molecule has 1 aliphatic heterocycles. The van der Waals surface area contributed by atoms with Gasteiger partial charge in [0.2, 0.25) is 0 Å². The fourth-order valence-corrected chi connectivity index (χ4v) is 2.96. The first-order valence-corrected chi connectivity index (χ1v) is 7.59. The molecule has 0 amide bonds. The first-order chi connectivity index (χ1) is 10.6. The lowest BCUT2D eigenvalue weighted by Gasteiger charge is -2.21. The van der Waals surface area contributed by atoms with Gasteiger partial charge in [0.1, 0.15) is 0 Å². The molecular weight excluding hydrogens is 268 g/mol. The van der Waals surface area contributed by atoms with E-state index in [0.29, 0.717) is 0 Å². The number of nitrogens with zero attached hydrogens (tertiary/aromatic N) is 1. The molecule has 0 saturated heterocycles. The van der Waals surface area contributed by atoms with E-state index in [4.69, 9.17) is 5.73 Å². The molecule has 22 heavy (non-hydrogen) atoms. The molecule has 0 aliphatic carbocycles. The van der Waals surface area contributed by atoms with Crippen molar-refractivity contribution in [1.82, 2.24) is 0 Å². The van der Waals surface area contributed by atoms with Gasteiger partial charge in [-0.15, -0.1) is 5.92 Å². The maximum absolute atomic E-state index is 5.88. The Bertz CT molecular complexity index is 793. The standard InChI is InChI=1S/C20H20N2/c1-3-6-15-7-4-8-16(13-15)17-9-5-10-18(14-17)20(2)12-11-19(21)22-20/h4-5,7-10,13-14H,11-12H2,1-2H3,(H2,21,22). The molecule has 0 saturated carbocycles. The molecule has 0 aromatic heterocycles. The summed E-state index contributed by atoms with van der Waals surface area (Å²) in [4.78, 5) is 4.64. The van der Waals surface area contributed by atoms with Crippen LogP contribution in [0.15, 0.2) is 53.5 Å². The molecule has 1 heterocycles. The number of benzene rings is 2. The minimum Gasteiger partial charge on any atom is -0.387 e. The van der Waals surface area contributed by atoms with Gasteiger partial charge in [-0.2, -0.15) is 0 Å². The van der Waals surface area contributed by atoms with E-state index in [0.717, 1.165) is 24.2 Å². The summed E-state index contributed by atoms with van der Waals surface area (Å²) in [7, 11) is 0. The van der Waals surface area contributed by atoms with Crippen LogP contribution < -0.4 is 5.73 Å². The highest BCUT2D eigenvalue weighted by Gasteiger charge is 2.30. The second-order valence-corrected chi connectivity index (χ2v) is 5.91. The van der Waals surface area contributed by atoms with Crippen molar-refractivity contribution in [3.05, 3.63) is 59.7 Å². The molecule has 0 radical (unpaired) electrons. The van der Waals surface area contributed by atoms with Crippen LogP contribution in [0.2, 0.25) is 0 Å². The van der Waals surface area contributed by atoms with Crippen LogP contribution in [0.1, 0.15) is 37.8 Å². The van der Waals surface area contributed by atoms with Crippen molar-refractivity contribution in [2.24, 2.45) is 10.7 Å². The molecule has 2 nitrogen and oxygen atoms in total. The summed E-state index contributed by atoms with van der Waals surface area (Å²) >= 11 is 0. The summed E-state index contributed by atoms with van der Waals surface area (Å²) < 4.78 is 0. The number of rotatable bonds is 2. The zero-order valence-corrected chi connectivity index (χ0v) is 13.1. The van der Waals surface area contributed by atoms with Gasteiger partial charge in [-0.3, -0.25) is 4.99 Å². The van der Waals surface area contributed by atoms with Crippen molar-refractivity contribution >= 4 is 5.84 Å². The van der Waals surface area contributed by atoms with Crippen molar-refractivity contribution in [3.63, 3.8) is 0 Å². The van der Waals surface area contributed by atoms with E-state index in [1.54, 1.807) is 0 Å². The van der Waals surface area contributed by atoms with E-state index in [9.17, 15) is 0 Å². The Morgan fingerprint density at radius 3 is 2.50 bits per heavy atom. The average Bonchev–Trinajstić information content (AvgIpc) is 2.89. The minimum atomic E-state index is -0.194. The van der Waals surface area contributed by atoms with Crippen LogP contribution in [0.3, 0.4) is 0 Å². The third-order valence-electron chi connectivity index (χ3n) is 4.21. The fourth-order valence-electron chi connectivity index (χ4n) is 2.96. The zero-order chi connectivity index (χ0) is 15.6. The number of nitrogens with two attached hydrogens (primary N) is 1. The van der Waals surface area contributed by atoms with Crippen LogP contribution in [0, 0.1) is 11.8 Å². The molecule has 3 rings (SSSR count). The highest BCUT2D eigenvalue weighted by atomic mass is 15.0. The molecule has 1 unspecified atom stereocenters. The molecule has 2 aromatic rings. The van der Waals surface area contributed by atoms with Gasteiger partial charge in [0.15, 0.2) is 0 Å². The van der Waals surface area contributed by atoms with Gasteiger partial charge in [0, 0.05) is 12.0 Å². The molecule has 0 fully saturated rings. The molecule has 1 atom stereocenters. The van der Waals surface area contributed by atoms with E-state index in [1.165, 1.54) is 16.7 Å². The lowest BCUT2D eigenvalue weighted by Crippen LogP contribution is -2.15. The largest absolute Gasteiger partial charge is 0.387 e. The normalized spacial score (nSPS) is 20.2. The third kappa shape index (κ3) is 2.76. The van der Waals surface area contributed by atoms with Gasteiger partial charge in [0.05, 0.1) is 11.4 Å². The number of amidine groups is 1. The van der Waals surface area contributed by atoms with Crippen LogP contribution in [-0.2, 0) is 5.54 Å². The number of hydrogen-bond donors (Lipinski definition) is 1. The Kier molecular flexibility index (Phi) is 3.73. The fraction of sp³-hybridized carbons (Fsp3) is 0.250. The van der Waals surface area contributed by atoms with Crippen LogP contribution in [0.25, 0.3) is 11.1 Å². The first kappa shape index (κ1) is 14.4. The Balaban J connectivity index is 2.01. The molecule has 1 aliphatic rings. The van der Waals surface area contributed by atoms with Gasteiger partial charge in [-0.25, -0.2) is 0 Å². The maximum Gasteiger partial charge on any atom is 0.0949 e. The summed E-state index contributed by atoms with van der Waals surface area (Å²) in [5, 5.41) is 0. The Morgan fingerprint density at radius 1 is 1.09 bits per heavy atom. The lowest BCUT2D eigenvalue weighted by molar-refractivity contribution is 0.497. The topological polar surface area (TPSA) is 38.4 Å². The zero-order valence-electron chi connectivity index (χ0n) is 13.1. The van der Waals surface area contributed by atoms with Crippen LogP contribution >= 0.6 is 0 Å². The van der Waals surface area contributed by atoms with E-state index >= 15 is 0 Å². The summed E-state index contributed by atoms with van der Waals surface area (Å²) in [5.41, 5.74) is 10.3. The van der Waals surface area contributed by atoms with Crippen LogP contribution in [-0.4, -0.2) is 5.84 Å². The van der Waals surface area contributed by atoms with Gasteiger partial charge in [0.25, 0.3) is 0 Å². The van der Waals surface area contributed by atoms with E-state index in [-0.39, 0.29) is 5.54 Å². The first-order valence-electron chi connectivity index (χ1n) is 7.59. The molecule has 110 valence electrons. The van der Waals surface area contributed by atoms with Crippen LogP contribution in [0.4, 0.5) is 0 Å². The average molecular weight is 288 g/mol. The molecule has 2 aromatic carbocycles. The monoisotopic (exact) mass is 288 g/mol. The quantitative estimate of drug-likeness (QED) is 0.830. The number of hydrogen-bond acceptors (Lipinski definition) is 2.